The Hall–Kier alpha value is -4.56. The first-order chi connectivity index (χ1) is 18.9. The van der Waals surface area contributed by atoms with Gasteiger partial charge in [-0.15, -0.1) is 0 Å². The summed E-state index contributed by atoms with van der Waals surface area (Å²) in [5.41, 5.74) is 7.94. The van der Waals surface area contributed by atoms with Crippen LogP contribution in [0.3, 0.4) is 0 Å². The number of aromatic hydroxyl groups is 1. The van der Waals surface area contributed by atoms with Crippen LogP contribution in [0.4, 0.5) is 0 Å². The first-order valence-electron chi connectivity index (χ1n) is 13.6. The molecule has 0 bridgehead atoms. The Kier molecular flexibility index (Phi) is 5.28. The van der Waals surface area contributed by atoms with Crippen molar-refractivity contribution in [2.75, 3.05) is 0 Å². The fourth-order valence-electron chi connectivity index (χ4n) is 6.78. The van der Waals surface area contributed by atoms with Gasteiger partial charge in [0.1, 0.15) is 11.5 Å². The van der Waals surface area contributed by atoms with Gasteiger partial charge in [-0.25, -0.2) is 0 Å². The van der Waals surface area contributed by atoms with Gasteiger partial charge in [0.25, 0.3) is 0 Å². The van der Waals surface area contributed by atoms with Crippen LogP contribution in [0.1, 0.15) is 36.5 Å². The molecule has 0 radical (unpaired) electrons. The van der Waals surface area contributed by atoms with Gasteiger partial charge in [0.05, 0.1) is 0 Å². The highest BCUT2D eigenvalue weighted by molar-refractivity contribution is 6.02. The van der Waals surface area contributed by atoms with Gasteiger partial charge >= 0.3 is 0 Å². The third-order valence-electron chi connectivity index (χ3n) is 8.77. The summed E-state index contributed by atoms with van der Waals surface area (Å²) in [6.07, 6.45) is 4.30. The second kappa shape index (κ2) is 8.74. The van der Waals surface area contributed by atoms with Gasteiger partial charge in [0.15, 0.2) is 0 Å². The van der Waals surface area contributed by atoms with Crippen LogP contribution in [-0.4, -0.2) is 10.2 Å². The lowest BCUT2D eigenvalue weighted by molar-refractivity contribution is 0.331. The Morgan fingerprint density at radius 2 is 1.28 bits per heavy atom. The van der Waals surface area contributed by atoms with Gasteiger partial charge in [-0.05, 0) is 67.8 Å². The predicted molar refractivity (Wildman–Crippen MR) is 161 cm³/mol. The zero-order valence-electron chi connectivity index (χ0n) is 22.1. The summed E-state index contributed by atoms with van der Waals surface area (Å²) in [4.78, 5) is 0. The molecule has 5 aromatic carbocycles. The molecule has 0 saturated heterocycles. The van der Waals surface area contributed by atoms with Crippen molar-refractivity contribution in [1.29, 1.82) is 0 Å². The molecule has 39 heavy (non-hydrogen) atoms. The average molecular weight is 507 g/mol. The molecule has 190 valence electrons. The zero-order valence-corrected chi connectivity index (χ0v) is 22.1. The minimum atomic E-state index is -0.394. The Labute approximate surface area is 229 Å². The number of phenolic OH excluding ortho intramolecular Hbond substituents is 1. The van der Waals surface area contributed by atoms with Crippen LogP contribution in [-0.2, 0) is 5.41 Å². The van der Waals surface area contributed by atoms with E-state index in [-0.39, 0.29) is 17.6 Å². The van der Waals surface area contributed by atoms with E-state index in [1.165, 1.54) is 21.9 Å². The molecule has 0 fully saturated rings. The number of rotatable bonds is 2. The highest BCUT2D eigenvalue weighted by Gasteiger charge is 2.42. The molecule has 0 amide bonds. The fourth-order valence-corrected chi connectivity index (χ4v) is 6.78. The molecule has 5 aromatic rings. The summed E-state index contributed by atoms with van der Waals surface area (Å²) < 4.78 is 0. The number of hydrogen-bond acceptors (Lipinski definition) is 2. The van der Waals surface area contributed by atoms with Crippen molar-refractivity contribution < 1.29 is 10.2 Å². The van der Waals surface area contributed by atoms with Gasteiger partial charge < -0.3 is 10.2 Å². The van der Waals surface area contributed by atoms with Gasteiger partial charge in [-0.1, -0.05) is 117 Å². The smallest absolute Gasteiger partial charge is 0.123 e. The van der Waals surface area contributed by atoms with Crippen molar-refractivity contribution in [3.05, 3.63) is 144 Å². The quantitative estimate of drug-likeness (QED) is 0.250. The number of benzene rings is 5. The molecular formula is C37H30O2. The van der Waals surface area contributed by atoms with E-state index < -0.39 is 5.41 Å². The zero-order chi connectivity index (χ0) is 26.7. The van der Waals surface area contributed by atoms with E-state index in [0.717, 1.165) is 33.4 Å². The van der Waals surface area contributed by atoms with Gasteiger partial charge in [-0.2, -0.15) is 0 Å². The van der Waals surface area contributed by atoms with Crippen LogP contribution in [0.2, 0.25) is 0 Å². The summed E-state index contributed by atoms with van der Waals surface area (Å²) in [7, 11) is 0. The molecule has 0 aliphatic heterocycles. The summed E-state index contributed by atoms with van der Waals surface area (Å²) in [6.45, 7) is 4.48. The Morgan fingerprint density at radius 3 is 2.00 bits per heavy atom. The predicted octanol–water partition coefficient (Wildman–Crippen LogP) is 9.41. The maximum atomic E-state index is 11.4. The Balaban J connectivity index is 1.57. The third kappa shape index (κ3) is 3.63. The molecule has 2 unspecified atom stereocenters. The second-order valence-electron chi connectivity index (χ2n) is 11.3. The van der Waals surface area contributed by atoms with E-state index in [2.05, 4.69) is 74.5 Å². The van der Waals surface area contributed by atoms with E-state index in [1.807, 2.05) is 60.7 Å². The van der Waals surface area contributed by atoms with Crippen LogP contribution in [0.25, 0.3) is 38.6 Å². The minimum absolute atomic E-state index is 0.0235. The topological polar surface area (TPSA) is 40.5 Å². The lowest BCUT2D eigenvalue weighted by Crippen LogP contribution is -2.35. The molecule has 2 aliphatic carbocycles. The lowest BCUT2D eigenvalue weighted by Gasteiger charge is -2.43. The number of hydrogen-bond donors (Lipinski definition) is 2. The number of fused-ring (bicyclic) bond motifs is 4. The number of phenols is 1. The molecule has 2 nitrogen and oxygen atoms in total. The van der Waals surface area contributed by atoms with Crippen molar-refractivity contribution in [2.24, 2.45) is 5.92 Å². The van der Waals surface area contributed by atoms with Gasteiger partial charge in [0, 0.05) is 23.0 Å². The fraction of sp³-hybridized carbons (Fsp3) is 0.135. The first kappa shape index (κ1) is 23.5. The van der Waals surface area contributed by atoms with Crippen LogP contribution in [0.15, 0.2) is 127 Å². The van der Waals surface area contributed by atoms with Crippen LogP contribution in [0.5, 0.6) is 5.75 Å². The Morgan fingerprint density at radius 1 is 0.615 bits per heavy atom. The van der Waals surface area contributed by atoms with E-state index >= 15 is 0 Å². The van der Waals surface area contributed by atoms with E-state index in [4.69, 9.17) is 0 Å². The summed E-state index contributed by atoms with van der Waals surface area (Å²) >= 11 is 0. The van der Waals surface area contributed by atoms with Gasteiger partial charge in [-0.3, -0.25) is 0 Å². The standard InChI is InChI=1S/C37H30O2/c1-37(2)32-21-34(38)28(23-11-5-3-6-12-23)19-30(32)26-17-9-15-25-16-10-18-27(36(25)26)31-20-29(35(39)22-33(31)37)24-13-7-4-8-14-24/h3-22,30,32,38-39H,1-2H3. The maximum Gasteiger partial charge on any atom is 0.123 e. The summed E-state index contributed by atoms with van der Waals surface area (Å²) in [5, 5.41) is 25.2. The van der Waals surface area contributed by atoms with Gasteiger partial charge in [0.2, 0.25) is 0 Å². The molecule has 2 N–H and O–H groups in total. The molecule has 2 atom stereocenters. The second-order valence-corrected chi connectivity index (χ2v) is 11.3. The van der Waals surface area contributed by atoms with Crippen molar-refractivity contribution in [1.82, 2.24) is 0 Å². The van der Waals surface area contributed by atoms with Crippen LogP contribution >= 0.6 is 0 Å². The molecule has 0 aromatic heterocycles. The Bertz CT molecular complexity index is 1790. The SMILES string of the molecule is CC1(C)c2cc(O)c(-c3ccccc3)cc2-c2cccc3cccc(c23)C2C=C(c3ccccc3)C(O)=CC21. The molecular weight excluding hydrogens is 476 g/mol. The monoisotopic (exact) mass is 506 g/mol. The number of aliphatic hydroxyl groups excluding tert-OH is 1. The van der Waals surface area contributed by atoms with E-state index in [0.29, 0.717) is 5.76 Å². The molecule has 7 rings (SSSR count). The molecule has 0 saturated carbocycles. The number of aliphatic hydroxyl groups is 1. The highest BCUT2D eigenvalue weighted by atomic mass is 16.3. The summed E-state index contributed by atoms with van der Waals surface area (Å²) in [6, 6.07) is 37.4. The van der Waals surface area contributed by atoms with Crippen molar-refractivity contribution in [2.45, 2.75) is 25.2 Å². The average Bonchev–Trinajstić information content (AvgIpc) is 2.97. The largest absolute Gasteiger partial charge is 0.508 e. The molecule has 2 heteroatoms. The van der Waals surface area contributed by atoms with E-state index in [1.54, 1.807) is 0 Å². The minimum Gasteiger partial charge on any atom is -0.508 e. The lowest BCUT2D eigenvalue weighted by atomic mass is 9.60. The molecule has 2 aliphatic rings. The summed E-state index contributed by atoms with van der Waals surface area (Å²) in [5.74, 6) is 0.600. The molecule has 0 spiro atoms. The van der Waals surface area contributed by atoms with Crippen molar-refractivity contribution >= 4 is 16.3 Å². The third-order valence-corrected chi connectivity index (χ3v) is 8.77. The van der Waals surface area contributed by atoms with Crippen molar-refractivity contribution in [3.63, 3.8) is 0 Å². The maximum absolute atomic E-state index is 11.4. The first-order valence-corrected chi connectivity index (χ1v) is 13.6. The molecule has 0 heterocycles. The van der Waals surface area contributed by atoms with Crippen LogP contribution < -0.4 is 0 Å². The van der Waals surface area contributed by atoms with Crippen molar-refractivity contribution in [3.8, 4) is 28.0 Å². The normalized spacial score (nSPS) is 19.2. The number of allylic oxidation sites excluding steroid dienone is 3. The highest BCUT2D eigenvalue weighted by Crippen LogP contribution is 2.55. The van der Waals surface area contributed by atoms with Crippen LogP contribution in [0, 0.1) is 5.92 Å². The van der Waals surface area contributed by atoms with E-state index in [9.17, 15) is 10.2 Å².